The first-order valence-electron chi connectivity index (χ1n) is 7.47. The van der Waals surface area contributed by atoms with Crippen molar-refractivity contribution in [3.63, 3.8) is 0 Å². The minimum absolute atomic E-state index is 0.0133. The number of thioether (sulfide) groups is 1. The van der Waals surface area contributed by atoms with E-state index in [2.05, 4.69) is 9.72 Å². The Labute approximate surface area is 158 Å². The van der Waals surface area contributed by atoms with Gasteiger partial charge in [-0.2, -0.15) is 10.5 Å². The van der Waals surface area contributed by atoms with Crippen molar-refractivity contribution in [3.8, 4) is 23.3 Å². The van der Waals surface area contributed by atoms with Crippen LogP contribution in [0.25, 0.3) is 11.1 Å². The third kappa shape index (κ3) is 3.81. The summed E-state index contributed by atoms with van der Waals surface area (Å²) in [6.45, 7) is 1.55. The number of carbonyl (C=O) groups is 1. The number of nitro groups is 1. The summed E-state index contributed by atoms with van der Waals surface area (Å²) in [7, 11) is 1.23. The van der Waals surface area contributed by atoms with Gasteiger partial charge in [-0.3, -0.25) is 14.9 Å². The SMILES string of the molecule is COC(=O)C(C)Sc1nc(N)c(C#N)c(-c2ccccc2[N+](=O)[O-])c1C#N. The molecule has 10 heteroatoms. The summed E-state index contributed by atoms with van der Waals surface area (Å²) in [6.07, 6.45) is 0. The van der Waals surface area contributed by atoms with E-state index in [9.17, 15) is 25.4 Å². The monoisotopic (exact) mass is 383 g/mol. The molecule has 1 heterocycles. The fourth-order valence-corrected chi connectivity index (χ4v) is 3.32. The van der Waals surface area contributed by atoms with E-state index in [1.807, 2.05) is 12.1 Å². The molecule has 1 aromatic heterocycles. The second-order valence-electron chi connectivity index (χ2n) is 5.21. The van der Waals surface area contributed by atoms with Crippen molar-refractivity contribution >= 4 is 29.2 Å². The number of pyridine rings is 1. The highest BCUT2D eigenvalue weighted by molar-refractivity contribution is 8.00. The molecule has 1 unspecified atom stereocenters. The van der Waals surface area contributed by atoms with E-state index in [1.54, 1.807) is 13.0 Å². The zero-order chi connectivity index (χ0) is 20.1. The molecule has 2 N–H and O–H groups in total. The molecular weight excluding hydrogens is 370 g/mol. The fourth-order valence-electron chi connectivity index (χ4n) is 2.38. The van der Waals surface area contributed by atoms with Crippen LogP contribution < -0.4 is 5.73 Å². The third-order valence-corrected chi connectivity index (χ3v) is 4.67. The Morgan fingerprint density at radius 3 is 2.52 bits per heavy atom. The van der Waals surface area contributed by atoms with Gasteiger partial charge in [-0.25, -0.2) is 4.98 Å². The van der Waals surface area contributed by atoms with Gasteiger partial charge in [0.05, 0.1) is 23.2 Å². The quantitative estimate of drug-likeness (QED) is 0.355. The Morgan fingerprint density at radius 1 is 1.33 bits per heavy atom. The lowest BCUT2D eigenvalue weighted by atomic mass is 9.95. The number of para-hydroxylation sites is 1. The van der Waals surface area contributed by atoms with Crippen LogP contribution in [0.1, 0.15) is 18.1 Å². The van der Waals surface area contributed by atoms with Gasteiger partial charge in [0.15, 0.2) is 0 Å². The number of hydrogen-bond acceptors (Lipinski definition) is 9. The Hall–Kier alpha value is -3.63. The molecule has 1 aromatic carbocycles. The summed E-state index contributed by atoms with van der Waals surface area (Å²) in [5.41, 5.74) is 5.44. The van der Waals surface area contributed by atoms with Gasteiger partial charge in [-0.1, -0.05) is 23.9 Å². The number of benzene rings is 1. The Morgan fingerprint density at radius 2 is 1.96 bits per heavy atom. The van der Waals surface area contributed by atoms with Crippen LogP contribution >= 0.6 is 11.8 Å². The zero-order valence-corrected chi connectivity index (χ0v) is 15.1. The Balaban J connectivity index is 2.82. The summed E-state index contributed by atoms with van der Waals surface area (Å²) >= 11 is 0.916. The molecule has 136 valence electrons. The van der Waals surface area contributed by atoms with Crippen LogP contribution in [0.5, 0.6) is 0 Å². The highest BCUT2D eigenvalue weighted by Gasteiger charge is 2.27. The smallest absolute Gasteiger partial charge is 0.318 e. The maximum Gasteiger partial charge on any atom is 0.318 e. The van der Waals surface area contributed by atoms with Gasteiger partial charge in [0.25, 0.3) is 5.69 Å². The molecule has 1 atom stereocenters. The second kappa shape index (κ2) is 8.17. The molecule has 27 heavy (non-hydrogen) atoms. The lowest BCUT2D eigenvalue weighted by molar-refractivity contribution is -0.384. The van der Waals surface area contributed by atoms with Gasteiger partial charge in [0.1, 0.15) is 33.8 Å². The highest BCUT2D eigenvalue weighted by atomic mass is 32.2. The third-order valence-electron chi connectivity index (χ3n) is 3.61. The Kier molecular flexibility index (Phi) is 5.96. The molecule has 0 bridgehead atoms. The number of ether oxygens (including phenoxy) is 1. The van der Waals surface area contributed by atoms with Crippen LogP contribution in [-0.2, 0) is 9.53 Å². The molecule has 0 aliphatic rings. The van der Waals surface area contributed by atoms with E-state index in [0.717, 1.165) is 11.8 Å². The van der Waals surface area contributed by atoms with Crippen LogP contribution in [0.2, 0.25) is 0 Å². The average molecular weight is 383 g/mol. The molecule has 0 saturated carbocycles. The number of nitrogens with zero attached hydrogens (tertiary/aromatic N) is 4. The molecule has 2 aromatic rings. The van der Waals surface area contributed by atoms with Gasteiger partial charge in [0.2, 0.25) is 0 Å². The van der Waals surface area contributed by atoms with Crippen molar-refractivity contribution < 1.29 is 14.5 Å². The number of anilines is 1. The summed E-state index contributed by atoms with van der Waals surface area (Å²) in [5, 5.41) is 29.9. The first-order valence-corrected chi connectivity index (χ1v) is 8.35. The largest absolute Gasteiger partial charge is 0.468 e. The molecule has 0 spiro atoms. The summed E-state index contributed by atoms with van der Waals surface area (Å²) in [6, 6.07) is 9.49. The van der Waals surface area contributed by atoms with Crippen LogP contribution in [0, 0.1) is 32.8 Å². The molecule has 0 aliphatic carbocycles. The van der Waals surface area contributed by atoms with Gasteiger partial charge in [-0.15, -0.1) is 0 Å². The molecule has 0 aliphatic heterocycles. The zero-order valence-electron chi connectivity index (χ0n) is 14.3. The maximum atomic E-state index is 11.7. The van der Waals surface area contributed by atoms with Crippen LogP contribution in [-0.4, -0.2) is 28.2 Å². The Bertz CT molecular complexity index is 1010. The molecule has 0 saturated heterocycles. The van der Waals surface area contributed by atoms with Crippen molar-refractivity contribution in [3.05, 3.63) is 45.5 Å². The van der Waals surface area contributed by atoms with E-state index in [0.29, 0.717) is 0 Å². The number of esters is 1. The van der Waals surface area contributed by atoms with Crippen LogP contribution in [0.4, 0.5) is 11.5 Å². The van der Waals surface area contributed by atoms with E-state index < -0.39 is 16.1 Å². The molecule has 9 nitrogen and oxygen atoms in total. The highest BCUT2D eigenvalue weighted by Crippen LogP contribution is 2.40. The molecule has 0 radical (unpaired) electrons. The molecular formula is C17H13N5O4S. The lowest BCUT2D eigenvalue weighted by Gasteiger charge is -2.15. The van der Waals surface area contributed by atoms with Crippen molar-refractivity contribution in [2.75, 3.05) is 12.8 Å². The minimum Gasteiger partial charge on any atom is -0.468 e. The standard InChI is InChI=1S/C17H13N5O4S/c1-9(17(23)26-2)27-16-12(8-19)14(11(7-18)15(20)21-16)10-5-3-4-6-13(10)22(24)25/h3-6,9H,1-2H3,(H2,20,21). The number of nitro benzene ring substituents is 1. The van der Waals surface area contributed by atoms with Crippen molar-refractivity contribution in [1.82, 2.24) is 4.98 Å². The second-order valence-corrected chi connectivity index (χ2v) is 6.54. The molecule has 0 amide bonds. The number of aromatic nitrogens is 1. The lowest BCUT2D eigenvalue weighted by Crippen LogP contribution is -2.15. The number of hydrogen-bond donors (Lipinski definition) is 1. The normalized spacial score (nSPS) is 11.1. The molecule has 2 rings (SSSR count). The number of carbonyl (C=O) groups excluding carboxylic acids is 1. The van der Waals surface area contributed by atoms with Gasteiger partial charge in [-0.05, 0) is 13.0 Å². The number of nitriles is 2. The minimum atomic E-state index is -0.708. The predicted molar refractivity (Wildman–Crippen MR) is 97.5 cm³/mol. The van der Waals surface area contributed by atoms with Gasteiger partial charge >= 0.3 is 5.97 Å². The number of rotatable bonds is 5. The molecule has 0 fully saturated rings. The van der Waals surface area contributed by atoms with E-state index in [4.69, 9.17) is 5.73 Å². The predicted octanol–water partition coefficient (Wildman–Crippen LogP) is 2.64. The summed E-state index contributed by atoms with van der Waals surface area (Å²) in [4.78, 5) is 26.5. The van der Waals surface area contributed by atoms with Crippen LogP contribution in [0.15, 0.2) is 29.3 Å². The number of methoxy groups -OCH3 is 1. The summed E-state index contributed by atoms with van der Waals surface area (Å²) in [5.74, 6) is -0.731. The average Bonchev–Trinajstić information content (AvgIpc) is 2.66. The van der Waals surface area contributed by atoms with Crippen molar-refractivity contribution in [2.24, 2.45) is 0 Å². The summed E-state index contributed by atoms with van der Waals surface area (Å²) < 4.78 is 4.65. The van der Waals surface area contributed by atoms with Crippen molar-refractivity contribution in [2.45, 2.75) is 17.2 Å². The number of nitrogens with two attached hydrogens (primary N) is 1. The first-order chi connectivity index (χ1) is 12.8. The van der Waals surface area contributed by atoms with Crippen LogP contribution in [0.3, 0.4) is 0 Å². The van der Waals surface area contributed by atoms with Gasteiger partial charge in [0, 0.05) is 11.6 Å². The van der Waals surface area contributed by atoms with Gasteiger partial charge < -0.3 is 10.5 Å². The fraction of sp³-hybridized carbons (Fsp3) is 0.176. The first kappa shape index (κ1) is 19.7. The van der Waals surface area contributed by atoms with E-state index in [1.165, 1.54) is 25.3 Å². The topological polar surface area (TPSA) is 156 Å². The van der Waals surface area contributed by atoms with E-state index >= 15 is 0 Å². The van der Waals surface area contributed by atoms with E-state index in [-0.39, 0.29) is 38.8 Å². The maximum absolute atomic E-state index is 11.7. The van der Waals surface area contributed by atoms with Crippen molar-refractivity contribution in [1.29, 1.82) is 10.5 Å². The number of nitrogen functional groups attached to an aromatic ring is 1.